The van der Waals surface area contributed by atoms with Crippen LogP contribution >= 0.6 is 0 Å². The molecular formula is C10H11N7. The van der Waals surface area contributed by atoms with Gasteiger partial charge in [-0.1, -0.05) is 0 Å². The minimum Gasteiger partial charge on any atom is -0.399 e. The van der Waals surface area contributed by atoms with Gasteiger partial charge in [0, 0.05) is 5.69 Å². The summed E-state index contributed by atoms with van der Waals surface area (Å²) in [5, 5.41) is 9.65. The fraction of sp³-hybridized carbons (Fsp3) is 0.100. The smallest absolute Gasteiger partial charge is 0.201 e. The number of fused-ring (bicyclic) bond motifs is 1. The second kappa shape index (κ2) is 3.78. The first-order valence-corrected chi connectivity index (χ1v) is 5.14. The molecule has 0 amide bonds. The summed E-state index contributed by atoms with van der Waals surface area (Å²) >= 11 is 0. The SMILES string of the molecule is Nc1ccc2nc(NCc3ncn[nH]3)[nH]c2c1. The van der Waals surface area contributed by atoms with Gasteiger partial charge in [0.2, 0.25) is 5.95 Å². The third-order valence-corrected chi connectivity index (χ3v) is 2.39. The van der Waals surface area contributed by atoms with E-state index in [4.69, 9.17) is 5.73 Å². The molecule has 0 spiro atoms. The Hall–Kier alpha value is -2.57. The van der Waals surface area contributed by atoms with Crippen molar-refractivity contribution in [3.63, 3.8) is 0 Å². The van der Waals surface area contributed by atoms with Crippen LogP contribution in [0.3, 0.4) is 0 Å². The normalized spacial score (nSPS) is 10.8. The standard InChI is InChI=1S/C10H11N7/c11-6-1-2-7-8(3-6)16-10(15-7)12-4-9-13-5-14-17-9/h1-3,5H,4,11H2,(H2,12,15,16)(H,13,14,17). The number of hydrogen-bond donors (Lipinski definition) is 4. The lowest BCUT2D eigenvalue weighted by Crippen LogP contribution is -2.02. The van der Waals surface area contributed by atoms with E-state index in [1.54, 1.807) is 0 Å². The molecule has 7 heteroatoms. The van der Waals surface area contributed by atoms with Gasteiger partial charge in [-0.2, -0.15) is 5.10 Å². The van der Waals surface area contributed by atoms with Gasteiger partial charge in [-0.25, -0.2) is 9.97 Å². The van der Waals surface area contributed by atoms with Crippen molar-refractivity contribution in [3.8, 4) is 0 Å². The highest BCUT2D eigenvalue weighted by atomic mass is 15.2. The molecule has 2 heterocycles. The average molecular weight is 229 g/mol. The Bertz CT molecular complexity index is 625. The molecule has 7 nitrogen and oxygen atoms in total. The van der Waals surface area contributed by atoms with E-state index in [-0.39, 0.29) is 0 Å². The third-order valence-electron chi connectivity index (χ3n) is 2.39. The van der Waals surface area contributed by atoms with Gasteiger partial charge >= 0.3 is 0 Å². The highest BCUT2D eigenvalue weighted by molar-refractivity contribution is 5.80. The number of hydrogen-bond acceptors (Lipinski definition) is 5. The lowest BCUT2D eigenvalue weighted by molar-refractivity contribution is 0.943. The number of nitrogens with one attached hydrogen (secondary N) is 3. The maximum absolute atomic E-state index is 5.69. The maximum atomic E-state index is 5.69. The second-order valence-corrected chi connectivity index (χ2v) is 3.65. The molecule has 17 heavy (non-hydrogen) atoms. The van der Waals surface area contributed by atoms with Crippen LogP contribution in [-0.2, 0) is 6.54 Å². The largest absolute Gasteiger partial charge is 0.399 e. The summed E-state index contributed by atoms with van der Waals surface area (Å²) in [5.74, 6) is 1.44. The van der Waals surface area contributed by atoms with Gasteiger partial charge in [0.05, 0.1) is 17.6 Å². The number of benzene rings is 1. The average Bonchev–Trinajstić information content (AvgIpc) is 2.94. The lowest BCUT2D eigenvalue weighted by Gasteiger charge is -1.97. The van der Waals surface area contributed by atoms with Crippen molar-refractivity contribution in [1.29, 1.82) is 0 Å². The van der Waals surface area contributed by atoms with Crippen LogP contribution in [0.25, 0.3) is 11.0 Å². The fourth-order valence-electron chi connectivity index (χ4n) is 1.59. The fourth-order valence-corrected chi connectivity index (χ4v) is 1.59. The van der Waals surface area contributed by atoms with Crippen LogP contribution in [0.4, 0.5) is 11.6 Å². The minimum atomic E-state index is 0.537. The van der Waals surface area contributed by atoms with Gasteiger partial charge in [0.25, 0.3) is 0 Å². The summed E-state index contributed by atoms with van der Waals surface area (Å²) < 4.78 is 0. The minimum absolute atomic E-state index is 0.537. The number of rotatable bonds is 3. The summed E-state index contributed by atoms with van der Waals surface area (Å²) in [5.41, 5.74) is 8.19. The number of H-pyrrole nitrogens is 2. The number of imidazole rings is 1. The molecular weight excluding hydrogens is 218 g/mol. The zero-order valence-electron chi connectivity index (χ0n) is 8.94. The van der Waals surface area contributed by atoms with E-state index in [9.17, 15) is 0 Å². The molecule has 0 saturated carbocycles. The number of nitrogens with zero attached hydrogens (tertiary/aromatic N) is 3. The first kappa shape index (κ1) is 9.64. The van der Waals surface area contributed by atoms with Gasteiger partial charge in [0.15, 0.2) is 0 Å². The van der Waals surface area contributed by atoms with E-state index in [0.717, 1.165) is 16.9 Å². The van der Waals surface area contributed by atoms with Crippen molar-refractivity contribution in [2.75, 3.05) is 11.1 Å². The van der Waals surface area contributed by atoms with Crippen molar-refractivity contribution in [1.82, 2.24) is 25.1 Å². The summed E-state index contributed by atoms with van der Waals surface area (Å²) in [4.78, 5) is 11.5. The zero-order chi connectivity index (χ0) is 11.7. The van der Waals surface area contributed by atoms with E-state index >= 15 is 0 Å². The van der Waals surface area contributed by atoms with E-state index < -0.39 is 0 Å². The van der Waals surface area contributed by atoms with Crippen molar-refractivity contribution in [3.05, 3.63) is 30.4 Å². The number of anilines is 2. The van der Waals surface area contributed by atoms with Crippen LogP contribution in [0.1, 0.15) is 5.82 Å². The molecule has 3 rings (SSSR count). The Morgan fingerprint density at radius 3 is 3.12 bits per heavy atom. The van der Waals surface area contributed by atoms with Crippen LogP contribution < -0.4 is 11.1 Å². The number of aromatic amines is 2. The van der Waals surface area contributed by atoms with Crippen LogP contribution in [0.5, 0.6) is 0 Å². The van der Waals surface area contributed by atoms with Crippen molar-refractivity contribution in [2.45, 2.75) is 6.54 Å². The first-order chi connectivity index (χ1) is 8.31. The molecule has 0 saturated heterocycles. The van der Waals surface area contributed by atoms with Crippen molar-refractivity contribution in [2.24, 2.45) is 0 Å². The monoisotopic (exact) mass is 229 g/mol. The maximum Gasteiger partial charge on any atom is 0.201 e. The van der Waals surface area contributed by atoms with Crippen molar-refractivity contribution < 1.29 is 0 Å². The van der Waals surface area contributed by atoms with E-state index in [0.29, 0.717) is 18.2 Å². The second-order valence-electron chi connectivity index (χ2n) is 3.65. The Morgan fingerprint density at radius 1 is 1.35 bits per heavy atom. The van der Waals surface area contributed by atoms with E-state index in [2.05, 4.69) is 30.5 Å². The molecule has 0 aliphatic heterocycles. The Kier molecular flexibility index (Phi) is 2.14. The Labute approximate surface area is 96.5 Å². The van der Waals surface area contributed by atoms with Gasteiger partial charge in [-0.05, 0) is 18.2 Å². The molecule has 0 bridgehead atoms. The molecule has 0 fully saturated rings. The number of nitrogens with two attached hydrogens (primary N) is 1. The quantitative estimate of drug-likeness (QED) is 0.498. The molecule has 2 aromatic heterocycles. The summed E-state index contributed by atoms with van der Waals surface area (Å²) in [6.45, 7) is 0.537. The molecule has 0 radical (unpaired) electrons. The summed E-state index contributed by atoms with van der Waals surface area (Å²) in [7, 11) is 0. The third kappa shape index (κ3) is 1.89. The highest BCUT2D eigenvalue weighted by Crippen LogP contribution is 2.17. The number of aromatic nitrogens is 5. The van der Waals surface area contributed by atoms with Crippen LogP contribution in [0.2, 0.25) is 0 Å². The molecule has 86 valence electrons. The van der Waals surface area contributed by atoms with Crippen LogP contribution in [0.15, 0.2) is 24.5 Å². The first-order valence-electron chi connectivity index (χ1n) is 5.14. The van der Waals surface area contributed by atoms with Gasteiger partial charge in [-0.3, -0.25) is 5.10 Å². The molecule has 0 aliphatic carbocycles. The molecule has 0 unspecified atom stereocenters. The van der Waals surface area contributed by atoms with Gasteiger partial charge in [0.1, 0.15) is 12.2 Å². The highest BCUT2D eigenvalue weighted by Gasteiger charge is 2.03. The van der Waals surface area contributed by atoms with Gasteiger partial charge < -0.3 is 16.0 Å². The van der Waals surface area contributed by atoms with Gasteiger partial charge in [-0.15, -0.1) is 0 Å². The molecule has 3 aromatic rings. The predicted molar refractivity (Wildman–Crippen MR) is 64.2 cm³/mol. The molecule has 0 atom stereocenters. The number of nitrogen functional groups attached to an aromatic ring is 1. The van der Waals surface area contributed by atoms with E-state index in [1.807, 2.05) is 18.2 Å². The van der Waals surface area contributed by atoms with Crippen LogP contribution in [-0.4, -0.2) is 25.1 Å². The van der Waals surface area contributed by atoms with E-state index in [1.165, 1.54) is 6.33 Å². The van der Waals surface area contributed by atoms with Crippen molar-refractivity contribution >= 4 is 22.7 Å². The van der Waals surface area contributed by atoms with Crippen LogP contribution in [0, 0.1) is 0 Å². The Morgan fingerprint density at radius 2 is 2.29 bits per heavy atom. The lowest BCUT2D eigenvalue weighted by atomic mass is 10.3. The summed E-state index contributed by atoms with van der Waals surface area (Å²) in [6, 6.07) is 5.55. The Balaban J connectivity index is 1.81. The topological polar surface area (TPSA) is 108 Å². The summed E-state index contributed by atoms with van der Waals surface area (Å²) in [6.07, 6.45) is 1.47. The molecule has 5 N–H and O–H groups in total. The molecule has 1 aromatic carbocycles. The zero-order valence-corrected chi connectivity index (χ0v) is 8.94. The molecule has 0 aliphatic rings. The predicted octanol–water partition coefficient (Wildman–Crippen LogP) is 0.875.